The molecule has 1 aromatic rings. The van der Waals surface area contributed by atoms with Crippen LogP contribution < -0.4 is 5.32 Å². The second-order valence-corrected chi connectivity index (χ2v) is 4.30. The van der Waals surface area contributed by atoms with Crippen molar-refractivity contribution in [2.75, 3.05) is 5.32 Å². The normalized spacial score (nSPS) is 10.4. The maximum absolute atomic E-state index is 11.1. The third-order valence-electron chi connectivity index (χ3n) is 1.41. The van der Waals surface area contributed by atoms with Gasteiger partial charge in [0.25, 0.3) is 5.91 Å². The van der Waals surface area contributed by atoms with E-state index in [1.54, 1.807) is 18.2 Å². The number of benzene rings is 1. The van der Waals surface area contributed by atoms with Crippen LogP contribution >= 0.6 is 46.4 Å². The molecule has 6 heteroatoms. The molecule has 0 saturated carbocycles. The molecule has 0 fully saturated rings. The van der Waals surface area contributed by atoms with Crippen molar-refractivity contribution < 1.29 is 4.79 Å². The summed E-state index contributed by atoms with van der Waals surface area (Å²) < 4.78 is 0. The molecule has 0 aliphatic carbocycles. The lowest BCUT2D eigenvalue weighted by atomic mass is 10.3. The predicted molar refractivity (Wildman–Crippen MR) is 60.6 cm³/mol. The number of rotatable bonds is 2. The Balaban J connectivity index is 2.91. The molecule has 14 heavy (non-hydrogen) atoms. The van der Waals surface area contributed by atoms with Crippen LogP contribution in [-0.2, 0) is 4.79 Å². The summed E-state index contributed by atoms with van der Waals surface area (Å²) in [4.78, 5) is 9.97. The maximum Gasteiger partial charge on any atom is 0.257 e. The van der Waals surface area contributed by atoms with E-state index in [4.69, 9.17) is 46.4 Å². The van der Waals surface area contributed by atoms with Gasteiger partial charge in [-0.05, 0) is 12.1 Å². The summed E-state index contributed by atoms with van der Waals surface area (Å²) in [6.45, 7) is 0. The molecular formula is C8H5Cl4NO. The van der Waals surface area contributed by atoms with E-state index in [0.717, 1.165) is 0 Å². The smallest absolute Gasteiger partial charge is 0.257 e. The van der Waals surface area contributed by atoms with E-state index in [2.05, 4.69) is 5.32 Å². The van der Waals surface area contributed by atoms with Crippen LogP contribution in [0.25, 0.3) is 0 Å². The fourth-order valence-corrected chi connectivity index (χ4v) is 1.40. The van der Waals surface area contributed by atoms with E-state index >= 15 is 0 Å². The molecule has 0 spiro atoms. The van der Waals surface area contributed by atoms with Crippen LogP contribution in [0.1, 0.15) is 0 Å². The molecule has 1 aromatic carbocycles. The highest BCUT2D eigenvalue weighted by molar-refractivity contribution is 6.55. The van der Waals surface area contributed by atoms with Gasteiger partial charge in [0.1, 0.15) is 0 Å². The molecule has 0 saturated heterocycles. The van der Waals surface area contributed by atoms with Crippen molar-refractivity contribution in [1.29, 1.82) is 0 Å². The first kappa shape index (κ1) is 11.9. The van der Waals surface area contributed by atoms with Crippen LogP contribution in [-0.4, -0.2) is 10.7 Å². The van der Waals surface area contributed by atoms with Gasteiger partial charge in [-0.15, -0.1) is 0 Å². The van der Waals surface area contributed by atoms with Gasteiger partial charge in [0, 0.05) is 0 Å². The summed E-state index contributed by atoms with van der Waals surface area (Å²) >= 11 is 22.3. The zero-order chi connectivity index (χ0) is 10.7. The molecule has 0 unspecified atom stereocenters. The third-order valence-corrected chi connectivity index (χ3v) is 2.44. The van der Waals surface area contributed by atoms with Gasteiger partial charge in [0.05, 0.1) is 15.7 Å². The Morgan fingerprint density at radius 3 is 2.14 bits per heavy atom. The number of hydrogen-bond acceptors (Lipinski definition) is 1. The fourth-order valence-electron chi connectivity index (χ4n) is 0.795. The fraction of sp³-hybridized carbons (Fsp3) is 0.125. The number of nitrogens with one attached hydrogen (secondary N) is 1. The Hall–Kier alpha value is -0.150. The van der Waals surface area contributed by atoms with Crippen molar-refractivity contribution in [3.63, 3.8) is 0 Å². The SMILES string of the molecule is O=C(Nc1c(Cl)cccc1Cl)C(Cl)Cl. The van der Waals surface area contributed by atoms with E-state index < -0.39 is 10.7 Å². The van der Waals surface area contributed by atoms with Gasteiger partial charge in [-0.25, -0.2) is 0 Å². The summed E-state index contributed by atoms with van der Waals surface area (Å²) in [7, 11) is 0. The van der Waals surface area contributed by atoms with Crippen molar-refractivity contribution in [3.05, 3.63) is 28.2 Å². The minimum atomic E-state index is -1.15. The maximum atomic E-state index is 11.1. The van der Waals surface area contributed by atoms with Gasteiger partial charge in [0.2, 0.25) is 0 Å². The first-order chi connectivity index (χ1) is 6.52. The molecule has 1 amide bonds. The molecular weight excluding hydrogens is 268 g/mol. The largest absolute Gasteiger partial charge is 0.321 e. The quantitative estimate of drug-likeness (QED) is 0.817. The number of carbonyl (C=O) groups excluding carboxylic acids is 1. The number of hydrogen-bond donors (Lipinski definition) is 1. The Morgan fingerprint density at radius 2 is 1.71 bits per heavy atom. The van der Waals surface area contributed by atoms with E-state index in [-0.39, 0.29) is 0 Å². The second-order valence-electron chi connectivity index (χ2n) is 2.39. The lowest BCUT2D eigenvalue weighted by Gasteiger charge is -2.08. The molecule has 0 heterocycles. The topological polar surface area (TPSA) is 29.1 Å². The van der Waals surface area contributed by atoms with E-state index in [1.165, 1.54) is 0 Å². The van der Waals surface area contributed by atoms with Crippen molar-refractivity contribution in [2.24, 2.45) is 0 Å². The van der Waals surface area contributed by atoms with Crippen molar-refractivity contribution in [1.82, 2.24) is 0 Å². The zero-order valence-corrected chi connectivity index (χ0v) is 9.75. The van der Waals surface area contributed by atoms with Crippen LogP contribution in [0, 0.1) is 0 Å². The number of carbonyl (C=O) groups is 1. The number of para-hydroxylation sites is 1. The van der Waals surface area contributed by atoms with Gasteiger partial charge >= 0.3 is 0 Å². The zero-order valence-electron chi connectivity index (χ0n) is 6.73. The summed E-state index contributed by atoms with van der Waals surface area (Å²) in [6, 6.07) is 4.86. The van der Waals surface area contributed by atoms with Crippen LogP contribution in [0.15, 0.2) is 18.2 Å². The van der Waals surface area contributed by atoms with E-state index in [9.17, 15) is 4.79 Å². The van der Waals surface area contributed by atoms with Crippen LogP contribution in [0.3, 0.4) is 0 Å². The molecule has 76 valence electrons. The second kappa shape index (κ2) is 5.08. The Kier molecular flexibility index (Phi) is 4.32. The minimum Gasteiger partial charge on any atom is -0.321 e. The predicted octanol–water partition coefficient (Wildman–Crippen LogP) is 3.74. The highest BCUT2D eigenvalue weighted by Gasteiger charge is 2.14. The molecule has 0 atom stereocenters. The number of amides is 1. The monoisotopic (exact) mass is 271 g/mol. The molecule has 1 rings (SSSR count). The highest BCUT2D eigenvalue weighted by Crippen LogP contribution is 2.30. The summed E-state index contributed by atoms with van der Waals surface area (Å²) in [5.41, 5.74) is 0.312. The van der Waals surface area contributed by atoms with Crippen molar-refractivity contribution in [3.8, 4) is 0 Å². The van der Waals surface area contributed by atoms with E-state index in [1.807, 2.05) is 0 Å². The summed E-state index contributed by atoms with van der Waals surface area (Å²) in [5.74, 6) is -0.566. The third kappa shape index (κ3) is 2.92. The molecule has 0 aliphatic heterocycles. The molecule has 2 nitrogen and oxygen atoms in total. The molecule has 0 radical (unpaired) electrons. The van der Waals surface area contributed by atoms with E-state index in [0.29, 0.717) is 15.7 Å². The Bertz CT molecular complexity index is 333. The first-order valence-corrected chi connectivity index (χ1v) is 5.18. The average Bonchev–Trinajstić information content (AvgIpc) is 2.11. The minimum absolute atomic E-state index is 0.312. The Labute approximate surface area is 101 Å². The molecule has 0 bridgehead atoms. The van der Waals surface area contributed by atoms with Gasteiger partial charge in [0.15, 0.2) is 4.84 Å². The number of anilines is 1. The van der Waals surface area contributed by atoms with Gasteiger partial charge in [-0.1, -0.05) is 52.5 Å². The summed E-state index contributed by atoms with van der Waals surface area (Å²) in [6.07, 6.45) is 0. The van der Waals surface area contributed by atoms with Crippen LogP contribution in [0.5, 0.6) is 0 Å². The first-order valence-electron chi connectivity index (χ1n) is 3.55. The van der Waals surface area contributed by atoms with Crippen molar-refractivity contribution in [2.45, 2.75) is 4.84 Å². The highest BCUT2D eigenvalue weighted by atomic mass is 35.5. The molecule has 1 N–H and O–H groups in total. The Morgan fingerprint density at radius 1 is 1.21 bits per heavy atom. The van der Waals surface area contributed by atoms with Gasteiger partial charge in [-0.2, -0.15) is 0 Å². The van der Waals surface area contributed by atoms with Gasteiger partial charge in [-0.3, -0.25) is 4.79 Å². The number of alkyl halides is 2. The average molecular weight is 273 g/mol. The summed E-state index contributed by atoms with van der Waals surface area (Å²) in [5, 5.41) is 3.08. The number of halogens is 4. The van der Waals surface area contributed by atoms with Gasteiger partial charge < -0.3 is 5.32 Å². The van der Waals surface area contributed by atoms with Crippen LogP contribution in [0.2, 0.25) is 10.0 Å². The van der Waals surface area contributed by atoms with Crippen molar-refractivity contribution >= 4 is 58.0 Å². The molecule has 0 aliphatic rings. The lowest BCUT2D eigenvalue weighted by Crippen LogP contribution is -2.18. The van der Waals surface area contributed by atoms with Crippen LogP contribution in [0.4, 0.5) is 5.69 Å². The standard InChI is InChI=1S/C8H5Cl4NO/c9-4-2-1-3-5(10)6(4)13-8(14)7(11)12/h1-3,7H,(H,13,14). The lowest BCUT2D eigenvalue weighted by molar-refractivity contribution is -0.114. The molecule has 0 aromatic heterocycles.